The van der Waals surface area contributed by atoms with Crippen LogP contribution in [0.25, 0.3) is 22.3 Å². The molecule has 2 heterocycles. The molecule has 0 radical (unpaired) electrons. The van der Waals surface area contributed by atoms with Crippen LogP contribution in [0.5, 0.6) is 5.75 Å². The molecule has 0 spiro atoms. The van der Waals surface area contributed by atoms with Crippen molar-refractivity contribution in [2.75, 3.05) is 18.0 Å². The number of aryl methyl sites for hydroxylation is 1. The fraction of sp³-hybridized carbons (Fsp3) is 0.222. The lowest BCUT2D eigenvalue weighted by Crippen LogP contribution is -2.37. The van der Waals surface area contributed by atoms with Gasteiger partial charge in [-0.2, -0.15) is 13.2 Å². The predicted molar refractivity (Wildman–Crippen MR) is 131 cm³/mol. The summed E-state index contributed by atoms with van der Waals surface area (Å²) in [5, 5.41) is 14.0. The SMILES string of the molecule is Cc1ccc2c(N3CC[C@@H](NC(=O)c4cccc(C(F)(F)F)c4)C3)nc(-c3ccccc3O)nc2c1. The van der Waals surface area contributed by atoms with Crippen molar-refractivity contribution in [3.63, 3.8) is 0 Å². The smallest absolute Gasteiger partial charge is 0.416 e. The zero-order chi connectivity index (χ0) is 25.4. The molecule has 2 N–H and O–H groups in total. The van der Waals surface area contributed by atoms with Gasteiger partial charge in [-0.25, -0.2) is 9.97 Å². The first kappa shape index (κ1) is 23.6. The van der Waals surface area contributed by atoms with E-state index >= 15 is 0 Å². The molecule has 3 aromatic carbocycles. The first-order chi connectivity index (χ1) is 17.2. The molecule has 1 aromatic heterocycles. The maximum atomic E-state index is 13.0. The van der Waals surface area contributed by atoms with Gasteiger partial charge in [-0.3, -0.25) is 4.79 Å². The number of hydrogen-bond donors (Lipinski definition) is 2. The fourth-order valence-electron chi connectivity index (χ4n) is 4.42. The normalized spacial score (nSPS) is 15.9. The summed E-state index contributed by atoms with van der Waals surface area (Å²) in [6, 6.07) is 16.9. The number of anilines is 1. The van der Waals surface area contributed by atoms with Crippen molar-refractivity contribution < 1.29 is 23.1 Å². The second-order valence-electron chi connectivity index (χ2n) is 8.89. The van der Waals surface area contributed by atoms with Crippen LogP contribution in [0.1, 0.15) is 27.9 Å². The van der Waals surface area contributed by atoms with Crippen LogP contribution in [-0.2, 0) is 6.18 Å². The van der Waals surface area contributed by atoms with Gasteiger partial charge in [0.1, 0.15) is 11.6 Å². The largest absolute Gasteiger partial charge is 0.507 e. The lowest BCUT2D eigenvalue weighted by molar-refractivity contribution is -0.137. The number of carbonyl (C=O) groups is 1. The lowest BCUT2D eigenvalue weighted by atomic mass is 10.1. The molecule has 1 amide bonds. The van der Waals surface area contributed by atoms with Crippen LogP contribution in [0.4, 0.5) is 19.0 Å². The van der Waals surface area contributed by atoms with Gasteiger partial charge in [0.05, 0.1) is 16.6 Å². The Morgan fingerprint density at radius 2 is 1.86 bits per heavy atom. The number of para-hydroxylation sites is 1. The van der Waals surface area contributed by atoms with Gasteiger partial charge in [0.2, 0.25) is 0 Å². The van der Waals surface area contributed by atoms with E-state index in [4.69, 9.17) is 4.98 Å². The number of amides is 1. The van der Waals surface area contributed by atoms with Crippen LogP contribution in [0, 0.1) is 6.92 Å². The number of nitrogens with one attached hydrogen (secondary N) is 1. The van der Waals surface area contributed by atoms with Gasteiger partial charge in [0.15, 0.2) is 5.82 Å². The predicted octanol–water partition coefficient (Wildman–Crippen LogP) is 5.34. The third-order valence-corrected chi connectivity index (χ3v) is 6.25. The number of carbonyl (C=O) groups excluding carboxylic acids is 1. The molecule has 184 valence electrons. The molecule has 0 aliphatic carbocycles. The van der Waals surface area contributed by atoms with Crippen LogP contribution < -0.4 is 10.2 Å². The van der Waals surface area contributed by atoms with Crippen molar-refractivity contribution in [2.24, 2.45) is 0 Å². The molecule has 9 heteroatoms. The third-order valence-electron chi connectivity index (χ3n) is 6.25. The molecule has 0 unspecified atom stereocenters. The molecular formula is C27H23F3N4O2. The number of rotatable bonds is 4. The highest BCUT2D eigenvalue weighted by Crippen LogP contribution is 2.33. The van der Waals surface area contributed by atoms with Crippen LogP contribution in [-0.4, -0.2) is 40.1 Å². The zero-order valence-corrected chi connectivity index (χ0v) is 19.4. The van der Waals surface area contributed by atoms with E-state index in [1.165, 1.54) is 12.1 Å². The van der Waals surface area contributed by atoms with E-state index in [0.717, 1.165) is 28.6 Å². The minimum absolute atomic E-state index is 0.0342. The number of phenols is 1. The van der Waals surface area contributed by atoms with Gasteiger partial charge in [0.25, 0.3) is 5.91 Å². The highest BCUT2D eigenvalue weighted by Gasteiger charge is 2.32. The highest BCUT2D eigenvalue weighted by atomic mass is 19.4. The Morgan fingerprint density at radius 1 is 1.06 bits per heavy atom. The molecule has 6 nitrogen and oxygen atoms in total. The summed E-state index contributed by atoms with van der Waals surface area (Å²) >= 11 is 0. The van der Waals surface area contributed by atoms with Crippen molar-refractivity contribution in [1.29, 1.82) is 0 Å². The summed E-state index contributed by atoms with van der Waals surface area (Å²) in [7, 11) is 0. The summed E-state index contributed by atoms with van der Waals surface area (Å²) in [5.41, 5.74) is 1.38. The molecule has 1 atom stereocenters. The van der Waals surface area contributed by atoms with Gasteiger partial charge in [-0.05, 0) is 61.4 Å². The van der Waals surface area contributed by atoms with E-state index in [1.807, 2.05) is 30.0 Å². The van der Waals surface area contributed by atoms with Gasteiger partial charge < -0.3 is 15.3 Å². The van der Waals surface area contributed by atoms with Crippen LogP contribution >= 0.6 is 0 Å². The summed E-state index contributed by atoms with van der Waals surface area (Å²) in [4.78, 5) is 24.2. The minimum Gasteiger partial charge on any atom is -0.507 e. The summed E-state index contributed by atoms with van der Waals surface area (Å²) in [5.74, 6) is 0.584. The second-order valence-corrected chi connectivity index (χ2v) is 8.89. The van der Waals surface area contributed by atoms with Crippen molar-refractivity contribution in [3.8, 4) is 17.1 Å². The quantitative estimate of drug-likeness (QED) is 0.402. The number of benzene rings is 3. The Bertz CT molecular complexity index is 1450. The average molecular weight is 493 g/mol. The van der Waals surface area contributed by atoms with Crippen molar-refractivity contribution in [1.82, 2.24) is 15.3 Å². The number of nitrogens with zero attached hydrogens (tertiary/aromatic N) is 3. The molecule has 5 rings (SSSR count). The Morgan fingerprint density at radius 3 is 2.64 bits per heavy atom. The molecule has 0 bridgehead atoms. The topological polar surface area (TPSA) is 78.4 Å². The minimum atomic E-state index is -4.52. The van der Waals surface area contributed by atoms with Gasteiger partial charge in [-0.1, -0.05) is 24.3 Å². The summed E-state index contributed by atoms with van der Waals surface area (Å²) < 4.78 is 39.1. The number of aromatic hydroxyl groups is 1. The van der Waals surface area contributed by atoms with Crippen molar-refractivity contribution in [2.45, 2.75) is 25.6 Å². The van der Waals surface area contributed by atoms with Crippen LogP contribution in [0.3, 0.4) is 0 Å². The number of fused-ring (bicyclic) bond motifs is 1. The second kappa shape index (κ2) is 9.14. The van der Waals surface area contributed by atoms with E-state index in [9.17, 15) is 23.1 Å². The maximum Gasteiger partial charge on any atom is 0.416 e. The van der Waals surface area contributed by atoms with Gasteiger partial charge in [0, 0.05) is 30.1 Å². The number of aromatic nitrogens is 2. The van der Waals surface area contributed by atoms with E-state index in [-0.39, 0.29) is 17.4 Å². The Balaban J connectivity index is 1.42. The third kappa shape index (κ3) is 4.68. The number of phenolic OH excluding ortho intramolecular Hbond substituents is 1. The van der Waals surface area contributed by atoms with E-state index in [1.54, 1.807) is 24.3 Å². The van der Waals surface area contributed by atoms with Crippen molar-refractivity contribution in [3.05, 3.63) is 83.4 Å². The molecule has 1 saturated heterocycles. The van der Waals surface area contributed by atoms with Crippen LogP contribution in [0.15, 0.2) is 66.7 Å². The Labute approximate surface area is 205 Å². The van der Waals surface area contributed by atoms with Crippen molar-refractivity contribution >= 4 is 22.6 Å². The summed E-state index contributed by atoms with van der Waals surface area (Å²) in [6.07, 6.45) is -3.91. The Kier molecular flexibility index (Phi) is 5.99. The van der Waals surface area contributed by atoms with Gasteiger partial charge in [-0.15, -0.1) is 0 Å². The molecule has 4 aromatic rings. The van der Waals surface area contributed by atoms with E-state index in [0.29, 0.717) is 36.7 Å². The standard InChI is InChI=1S/C27H23F3N4O2/c1-16-9-10-20-22(13-16)32-24(21-7-2-3-8-23(21)35)33-25(20)34-12-11-19(15-34)31-26(36)17-5-4-6-18(14-17)27(28,29)30/h2-10,13-14,19,35H,11-12,15H2,1H3,(H,31,36)/t19-/m1/s1. The maximum absolute atomic E-state index is 13.0. The lowest BCUT2D eigenvalue weighted by Gasteiger charge is -2.21. The average Bonchev–Trinajstić information content (AvgIpc) is 3.31. The number of halogens is 3. The molecule has 0 saturated carbocycles. The fourth-order valence-corrected chi connectivity index (χ4v) is 4.42. The number of hydrogen-bond acceptors (Lipinski definition) is 5. The van der Waals surface area contributed by atoms with E-state index < -0.39 is 17.6 Å². The summed E-state index contributed by atoms with van der Waals surface area (Å²) in [6.45, 7) is 2.99. The molecule has 1 aliphatic heterocycles. The Hall–Kier alpha value is -4.14. The first-order valence-electron chi connectivity index (χ1n) is 11.5. The molecule has 36 heavy (non-hydrogen) atoms. The van der Waals surface area contributed by atoms with E-state index in [2.05, 4.69) is 10.3 Å². The zero-order valence-electron chi connectivity index (χ0n) is 19.4. The first-order valence-corrected chi connectivity index (χ1v) is 11.5. The number of alkyl halides is 3. The molecule has 1 fully saturated rings. The highest BCUT2D eigenvalue weighted by molar-refractivity contribution is 5.95. The molecular weight excluding hydrogens is 469 g/mol. The van der Waals surface area contributed by atoms with Crippen LogP contribution in [0.2, 0.25) is 0 Å². The molecule has 1 aliphatic rings. The van der Waals surface area contributed by atoms with Gasteiger partial charge >= 0.3 is 6.18 Å². The monoisotopic (exact) mass is 492 g/mol.